The summed E-state index contributed by atoms with van der Waals surface area (Å²) in [6, 6.07) is -0.752. The fourth-order valence-electron chi connectivity index (χ4n) is 0.588. The van der Waals surface area contributed by atoms with Gasteiger partial charge < -0.3 is 15.6 Å². The summed E-state index contributed by atoms with van der Waals surface area (Å²) in [6.07, 6.45) is 0.547. The first-order valence-corrected chi connectivity index (χ1v) is 2.80. The van der Waals surface area contributed by atoms with Crippen LogP contribution in [0.25, 0.3) is 0 Å². The molecule has 1 fully saturated rings. The molecular formula is C5H9NO3. The molecule has 2 unspecified atom stereocenters. The van der Waals surface area contributed by atoms with Gasteiger partial charge in [0, 0.05) is 6.42 Å². The predicted molar refractivity (Wildman–Crippen MR) is 30.0 cm³/mol. The first kappa shape index (κ1) is 6.51. The van der Waals surface area contributed by atoms with E-state index in [1.807, 2.05) is 0 Å². The fraction of sp³-hybridized carbons (Fsp3) is 0.800. The van der Waals surface area contributed by atoms with Gasteiger partial charge in [0.25, 0.3) is 0 Å². The van der Waals surface area contributed by atoms with Gasteiger partial charge in [0.1, 0.15) is 6.04 Å². The number of carbonyl (C=O) groups is 1. The number of hydrogen-bond acceptors (Lipinski definition) is 3. The van der Waals surface area contributed by atoms with Gasteiger partial charge in [0.15, 0.2) is 0 Å². The third-order valence-corrected chi connectivity index (χ3v) is 1.24. The lowest BCUT2D eigenvalue weighted by Gasteiger charge is -2.00. The van der Waals surface area contributed by atoms with Crippen molar-refractivity contribution in [2.45, 2.75) is 18.6 Å². The molecule has 0 saturated carbocycles. The molecule has 0 aromatic heterocycles. The van der Waals surface area contributed by atoms with E-state index in [2.05, 4.69) is 0 Å². The van der Waals surface area contributed by atoms with Crippen molar-refractivity contribution in [1.82, 2.24) is 0 Å². The average Bonchev–Trinajstić information content (AvgIpc) is 2.50. The van der Waals surface area contributed by atoms with Crippen LogP contribution in [-0.4, -0.2) is 29.8 Å². The highest BCUT2D eigenvalue weighted by atomic mass is 16.6. The minimum Gasteiger partial charge on any atom is -0.480 e. The molecule has 4 nitrogen and oxygen atoms in total. The molecule has 9 heavy (non-hydrogen) atoms. The quantitative estimate of drug-likeness (QED) is 0.491. The average molecular weight is 131 g/mol. The summed E-state index contributed by atoms with van der Waals surface area (Å²) in [5.41, 5.74) is 5.18. The summed E-state index contributed by atoms with van der Waals surface area (Å²) in [6.45, 7) is 0.668. The monoisotopic (exact) mass is 131 g/mol. The number of carboxylic acid groups (broad SMARTS) is 1. The minimum atomic E-state index is -0.953. The Morgan fingerprint density at radius 1 is 2.00 bits per heavy atom. The zero-order chi connectivity index (χ0) is 6.85. The highest BCUT2D eigenvalue weighted by molar-refractivity contribution is 5.73. The highest BCUT2D eigenvalue weighted by Gasteiger charge is 2.27. The van der Waals surface area contributed by atoms with Crippen LogP contribution < -0.4 is 5.73 Å². The number of aliphatic carboxylic acids is 1. The molecule has 0 bridgehead atoms. The number of hydrogen-bond donors (Lipinski definition) is 2. The molecule has 0 radical (unpaired) electrons. The van der Waals surface area contributed by atoms with E-state index in [4.69, 9.17) is 15.6 Å². The highest BCUT2D eigenvalue weighted by Crippen LogP contribution is 2.14. The number of ether oxygens (including phenoxy) is 1. The molecule has 1 aliphatic rings. The SMILES string of the molecule is NC(CC1CO1)C(=O)O. The largest absolute Gasteiger partial charge is 0.480 e. The molecule has 1 saturated heterocycles. The van der Waals surface area contributed by atoms with Crippen molar-refractivity contribution in [2.24, 2.45) is 5.73 Å². The van der Waals surface area contributed by atoms with Crippen LogP contribution in [-0.2, 0) is 9.53 Å². The number of carboxylic acids is 1. The van der Waals surface area contributed by atoms with Gasteiger partial charge in [0.2, 0.25) is 0 Å². The van der Waals surface area contributed by atoms with Crippen molar-refractivity contribution in [1.29, 1.82) is 0 Å². The van der Waals surface area contributed by atoms with Gasteiger partial charge in [-0.2, -0.15) is 0 Å². The van der Waals surface area contributed by atoms with E-state index in [-0.39, 0.29) is 6.10 Å². The molecule has 1 aliphatic heterocycles. The smallest absolute Gasteiger partial charge is 0.320 e. The maximum Gasteiger partial charge on any atom is 0.320 e. The van der Waals surface area contributed by atoms with Crippen LogP contribution in [0.15, 0.2) is 0 Å². The second-order valence-corrected chi connectivity index (χ2v) is 2.14. The zero-order valence-corrected chi connectivity index (χ0v) is 4.91. The van der Waals surface area contributed by atoms with Crippen LogP contribution in [0.1, 0.15) is 6.42 Å². The first-order chi connectivity index (χ1) is 4.20. The van der Waals surface area contributed by atoms with Gasteiger partial charge in [-0.3, -0.25) is 4.79 Å². The Morgan fingerprint density at radius 2 is 2.56 bits per heavy atom. The maximum absolute atomic E-state index is 10.1. The number of rotatable bonds is 3. The second-order valence-electron chi connectivity index (χ2n) is 2.14. The van der Waals surface area contributed by atoms with Crippen LogP contribution in [0.2, 0.25) is 0 Å². The molecule has 0 aliphatic carbocycles. The fourth-order valence-corrected chi connectivity index (χ4v) is 0.588. The Labute approximate surface area is 52.6 Å². The topological polar surface area (TPSA) is 75.8 Å². The Bertz CT molecular complexity index is 121. The lowest BCUT2D eigenvalue weighted by atomic mass is 10.2. The summed E-state index contributed by atoms with van der Waals surface area (Å²) in [5, 5.41) is 8.28. The van der Waals surface area contributed by atoms with Crippen LogP contribution in [0, 0.1) is 0 Å². The molecule has 0 amide bonds. The van der Waals surface area contributed by atoms with Crippen LogP contribution in [0.3, 0.4) is 0 Å². The molecule has 0 aromatic rings. The van der Waals surface area contributed by atoms with Gasteiger partial charge in [0.05, 0.1) is 12.7 Å². The van der Waals surface area contributed by atoms with E-state index in [0.29, 0.717) is 13.0 Å². The third-order valence-electron chi connectivity index (χ3n) is 1.24. The Balaban J connectivity index is 2.16. The normalized spacial score (nSPS) is 27.4. The third kappa shape index (κ3) is 1.99. The maximum atomic E-state index is 10.1. The molecule has 52 valence electrons. The molecular weight excluding hydrogens is 122 g/mol. The first-order valence-electron chi connectivity index (χ1n) is 2.80. The number of nitrogens with two attached hydrogens (primary N) is 1. The predicted octanol–water partition coefficient (Wildman–Crippen LogP) is -0.813. The summed E-state index contributed by atoms with van der Waals surface area (Å²) in [5.74, 6) is -0.953. The van der Waals surface area contributed by atoms with Crippen molar-refractivity contribution in [3.8, 4) is 0 Å². The molecule has 4 heteroatoms. The minimum absolute atomic E-state index is 0.107. The zero-order valence-electron chi connectivity index (χ0n) is 4.91. The Hall–Kier alpha value is -0.610. The Morgan fingerprint density at radius 3 is 2.89 bits per heavy atom. The van der Waals surface area contributed by atoms with E-state index in [1.165, 1.54) is 0 Å². The standard InChI is InChI=1S/C5H9NO3/c6-4(5(7)8)1-3-2-9-3/h3-4H,1-2,6H2,(H,7,8). The van der Waals surface area contributed by atoms with Crippen LogP contribution >= 0.6 is 0 Å². The number of epoxide rings is 1. The van der Waals surface area contributed by atoms with Crippen molar-refractivity contribution in [3.05, 3.63) is 0 Å². The molecule has 0 spiro atoms. The Kier molecular flexibility index (Phi) is 1.68. The van der Waals surface area contributed by atoms with Gasteiger partial charge in [-0.15, -0.1) is 0 Å². The van der Waals surface area contributed by atoms with Crippen molar-refractivity contribution >= 4 is 5.97 Å². The lowest BCUT2D eigenvalue weighted by Crippen LogP contribution is -2.31. The summed E-state index contributed by atoms with van der Waals surface area (Å²) in [4.78, 5) is 10.1. The summed E-state index contributed by atoms with van der Waals surface area (Å²) >= 11 is 0. The van der Waals surface area contributed by atoms with E-state index >= 15 is 0 Å². The van der Waals surface area contributed by atoms with Gasteiger partial charge >= 0.3 is 5.97 Å². The second kappa shape index (κ2) is 2.33. The van der Waals surface area contributed by atoms with Crippen molar-refractivity contribution in [2.75, 3.05) is 6.61 Å². The lowest BCUT2D eigenvalue weighted by molar-refractivity contribution is -0.138. The molecule has 1 rings (SSSR count). The van der Waals surface area contributed by atoms with Gasteiger partial charge in [-0.25, -0.2) is 0 Å². The van der Waals surface area contributed by atoms with Gasteiger partial charge in [-0.05, 0) is 0 Å². The van der Waals surface area contributed by atoms with Crippen molar-refractivity contribution < 1.29 is 14.6 Å². The van der Waals surface area contributed by atoms with Crippen LogP contribution in [0.5, 0.6) is 0 Å². The van der Waals surface area contributed by atoms with E-state index in [0.717, 1.165) is 0 Å². The van der Waals surface area contributed by atoms with E-state index in [1.54, 1.807) is 0 Å². The summed E-state index contributed by atoms with van der Waals surface area (Å²) in [7, 11) is 0. The molecule has 1 heterocycles. The van der Waals surface area contributed by atoms with Crippen LogP contribution in [0.4, 0.5) is 0 Å². The van der Waals surface area contributed by atoms with E-state index < -0.39 is 12.0 Å². The molecule has 3 N–H and O–H groups in total. The molecule has 0 aromatic carbocycles. The van der Waals surface area contributed by atoms with E-state index in [9.17, 15) is 4.79 Å². The van der Waals surface area contributed by atoms with Crippen molar-refractivity contribution in [3.63, 3.8) is 0 Å². The van der Waals surface area contributed by atoms with Gasteiger partial charge in [-0.1, -0.05) is 0 Å². The summed E-state index contributed by atoms with van der Waals surface area (Å²) < 4.78 is 4.79. The molecule has 2 atom stereocenters.